The topological polar surface area (TPSA) is 74.2 Å². The van der Waals surface area contributed by atoms with Crippen molar-refractivity contribution in [1.29, 1.82) is 0 Å². The molecule has 0 bridgehead atoms. The van der Waals surface area contributed by atoms with Crippen LogP contribution >= 0.6 is 0 Å². The molecular formula is C28H26O6. The number of fused-ring (bicyclic) bond motifs is 1. The molecule has 0 spiro atoms. The molecule has 0 unspecified atom stereocenters. The van der Waals surface area contributed by atoms with Crippen molar-refractivity contribution in [3.63, 3.8) is 0 Å². The van der Waals surface area contributed by atoms with Crippen LogP contribution in [0.15, 0.2) is 91.0 Å². The Labute approximate surface area is 198 Å². The summed E-state index contributed by atoms with van der Waals surface area (Å²) in [6, 6.07) is 26.9. The predicted octanol–water partition coefficient (Wildman–Crippen LogP) is 4.81. The lowest BCUT2D eigenvalue weighted by Gasteiger charge is -2.29. The Balaban J connectivity index is 1.76. The van der Waals surface area contributed by atoms with Gasteiger partial charge in [-0.1, -0.05) is 66.7 Å². The summed E-state index contributed by atoms with van der Waals surface area (Å²) in [6.45, 7) is 0.225. The summed E-state index contributed by atoms with van der Waals surface area (Å²) < 4.78 is 21.5. The van der Waals surface area contributed by atoms with E-state index in [4.69, 9.17) is 18.9 Å². The fourth-order valence-electron chi connectivity index (χ4n) is 3.86. The third kappa shape index (κ3) is 4.79. The lowest BCUT2D eigenvalue weighted by atomic mass is 9.83. The first-order valence-corrected chi connectivity index (χ1v) is 10.8. The zero-order chi connectivity index (χ0) is 24.0. The Morgan fingerprint density at radius 3 is 2.24 bits per heavy atom. The maximum absolute atomic E-state index is 13.6. The lowest BCUT2D eigenvalue weighted by Crippen LogP contribution is -2.41. The average molecular weight is 459 g/mol. The lowest BCUT2D eigenvalue weighted by molar-refractivity contribution is -0.152. The van der Waals surface area contributed by atoms with E-state index >= 15 is 0 Å². The second-order valence-electron chi connectivity index (χ2n) is 7.75. The second kappa shape index (κ2) is 10.5. The highest BCUT2D eigenvalue weighted by Gasteiger charge is 2.43. The van der Waals surface area contributed by atoms with Crippen LogP contribution in [0.3, 0.4) is 0 Å². The fraction of sp³-hybridized carbons (Fsp3) is 0.179. The zero-order valence-corrected chi connectivity index (χ0v) is 19.1. The van der Waals surface area contributed by atoms with Crippen molar-refractivity contribution in [3.8, 4) is 11.5 Å². The summed E-state index contributed by atoms with van der Waals surface area (Å²) in [5.74, 6) is 0.113. The van der Waals surface area contributed by atoms with E-state index in [1.165, 1.54) is 7.11 Å². The van der Waals surface area contributed by atoms with Crippen LogP contribution in [0.2, 0.25) is 0 Å². The molecule has 0 heterocycles. The number of hydrogen-bond acceptors (Lipinski definition) is 6. The summed E-state index contributed by atoms with van der Waals surface area (Å²) in [5.41, 5.74) is -0.751. The van der Waals surface area contributed by atoms with E-state index in [1.54, 1.807) is 61.7 Å². The summed E-state index contributed by atoms with van der Waals surface area (Å²) in [6.07, 6.45) is 0. The zero-order valence-electron chi connectivity index (χ0n) is 19.1. The number of ether oxygens (including phenoxy) is 4. The highest BCUT2D eigenvalue weighted by atomic mass is 16.7. The number of rotatable bonds is 9. The quantitative estimate of drug-likeness (QED) is 0.168. The number of benzene rings is 4. The molecule has 174 valence electrons. The minimum Gasteiger partial charge on any atom is -0.497 e. The maximum atomic E-state index is 13.6. The molecule has 0 fully saturated rings. The Kier molecular flexibility index (Phi) is 7.23. The molecule has 34 heavy (non-hydrogen) atoms. The molecule has 1 atom stereocenters. The molecule has 6 heteroatoms. The molecule has 0 amide bonds. The molecule has 0 aliphatic heterocycles. The van der Waals surface area contributed by atoms with E-state index in [2.05, 4.69) is 0 Å². The van der Waals surface area contributed by atoms with Gasteiger partial charge >= 0.3 is 5.97 Å². The van der Waals surface area contributed by atoms with Gasteiger partial charge < -0.3 is 24.1 Å². The van der Waals surface area contributed by atoms with Crippen molar-refractivity contribution in [2.45, 2.75) is 12.2 Å². The van der Waals surface area contributed by atoms with Crippen molar-refractivity contribution in [1.82, 2.24) is 0 Å². The van der Waals surface area contributed by atoms with Gasteiger partial charge in [-0.2, -0.15) is 0 Å². The van der Waals surface area contributed by atoms with E-state index in [-0.39, 0.29) is 13.4 Å². The van der Waals surface area contributed by atoms with Gasteiger partial charge in [-0.25, -0.2) is 4.79 Å². The Morgan fingerprint density at radius 1 is 0.824 bits per heavy atom. The summed E-state index contributed by atoms with van der Waals surface area (Å²) in [5, 5.41) is 13.9. The summed E-state index contributed by atoms with van der Waals surface area (Å²) >= 11 is 0. The molecule has 4 rings (SSSR count). The first-order chi connectivity index (χ1) is 16.6. The van der Waals surface area contributed by atoms with Crippen molar-refractivity contribution < 1.29 is 28.8 Å². The van der Waals surface area contributed by atoms with E-state index < -0.39 is 11.6 Å². The number of methoxy groups -OCH3 is 2. The molecule has 4 aromatic carbocycles. The molecule has 0 aromatic heterocycles. The minimum absolute atomic E-state index is 0.0802. The van der Waals surface area contributed by atoms with E-state index in [1.807, 2.05) is 36.4 Å². The van der Waals surface area contributed by atoms with E-state index in [9.17, 15) is 9.90 Å². The maximum Gasteiger partial charge on any atom is 0.353 e. The van der Waals surface area contributed by atoms with Crippen LogP contribution in [0.5, 0.6) is 11.5 Å². The van der Waals surface area contributed by atoms with Gasteiger partial charge in [-0.05, 0) is 46.2 Å². The largest absolute Gasteiger partial charge is 0.497 e. The molecule has 0 aliphatic rings. The third-order valence-corrected chi connectivity index (χ3v) is 5.60. The van der Waals surface area contributed by atoms with Crippen LogP contribution in [0, 0.1) is 0 Å². The average Bonchev–Trinajstić information content (AvgIpc) is 2.88. The normalized spacial score (nSPS) is 12.8. The van der Waals surface area contributed by atoms with Crippen LogP contribution in [-0.4, -0.2) is 32.1 Å². The van der Waals surface area contributed by atoms with Crippen LogP contribution < -0.4 is 9.47 Å². The predicted molar refractivity (Wildman–Crippen MR) is 129 cm³/mol. The first kappa shape index (κ1) is 23.4. The molecular weight excluding hydrogens is 432 g/mol. The van der Waals surface area contributed by atoms with Crippen molar-refractivity contribution in [2.75, 3.05) is 21.0 Å². The van der Waals surface area contributed by atoms with Gasteiger partial charge in [0.15, 0.2) is 0 Å². The Bertz CT molecular complexity index is 1270. The van der Waals surface area contributed by atoms with E-state index in [0.29, 0.717) is 28.2 Å². The molecule has 0 aliphatic carbocycles. The van der Waals surface area contributed by atoms with Crippen LogP contribution in [0.25, 0.3) is 10.8 Å². The Morgan fingerprint density at radius 2 is 1.50 bits per heavy atom. The number of carbonyl (C=O) groups excluding carboxylic acids is 1. The molecule has 4 aromatic rings. The molecule has 0 saturated heterocycles. The second-order valence-corrected chi connectivity index (χ2v) is 7.75. The smallest absolute Gasteiger partial charge is 0.353 e. The summed E-state index contributed by atoms with van der Waals surface area (Å²) in [4.78, 5) is 13.6. The highest BCUT2D eigenvalue weighted by Crippen LogP contribution is 2.35. The van der Waals surface area contributed by atoms with Gasteiger partial charge in [-0.15, -0.1) is 0 Å². The number of carbonyl (C=O) groups is 1. The van der Waals surface area contributed by atoms with Crippen LogP contribution in [0.4, 0.5) is 0 Å². The standard InChI is InChI=1S/C28H26O6/c1-31-19-33-18-22-9-5-6-10-26(22)28(30,23-12-15-24(32-2)16-13-23)27(29)34-25-14-11-20-7-3-4-8-21(20)17-25/h3-17,30H,18-19H2,1-2H3/t28-/m0/s1. The monoisotopic (exact) mass is 458 g/mol. The number of esters is 1. The van der Waals surface area contributed by atoms with Gasteiger partial charge in [0.2, 0.25) is 5.60 Å². The summed E-state index contributed by atoms with van der Waals surface area (Å²) in [7, 11) is 3.08. The highest BCUT2D eigenvalue weighted by molar-refractivity contribution is 5.89. The fourth-order valence-corrected chi connectivity index (χ4v) is 3.86. The molecule has 0 saturated carbocycles. The van der Waals surface area contributed by atoms with Gasteiger partial charge in [0.05, 0.1) is 13.7 Å². The minimum atomic E-state index is -2.09. The van der Waals surface area contributed by atoms with E-state index in [0.717, 1.165) is 10.8 Å². The van der Waals surface area contributed by atoms with Crippen molar-refractivity contribution >= 4 is 16.7 Å². The van der Waals surface area contributed by atoms with Gasteiger partial charge in [0.25, 0.3) is 0 Å². The van der Waals surface area contributed by atoms with Gasteiger partial charge in [0.1, 0.15) is 18.3 Å². The SMILES string of the molecule is COCOCc1ccccc1[C@](O)(C(=O)Oc1ccc2ccccc2c1)c1ccc(OC)cc1. The van der Waals surface area contributed by atoms with Crippen LogP contribution in [0.1, 0.15) is 16.7 Å². The number of hydrogen-bond donors (Lipinski definition) is 1. The Hall–Kier alpha value is -3.71. The van der Waals surface area contributed by atoms with Crippen LogP contribution in [-0.2, 0) is 26.5 Å². The molecule has 1 N–H and O–H groups in total. The third-order valence-electron chi connectivity index (χ3n) is 5.60. The molecule has 0 radical (unpaired) electrons. The first-order valence-electron chi connectivity index (χ1n) is 10.8. The molecule has 6 nitrogen and oxygen atoms in total. The van der Waals surface area contributed by atoms with Crippen molar-refractivity contribution in [2.24, 2.45) is 0 Å². The number of aliphatic hydroxyl groups is 1. The van der Waals surface area contributed by atoms with Gasteiger partial charge in [-0.3, -0.25) is 0 Å². The van der Waals surface area contributed by atoms with Crippen molar-refractivity contribution in [3.05, 3.63) is 108 Å². The van der Waals surface area contributed by atoms with Gasteiger partial charge in [0, 0.05) is 12.7 Å².